The first-order valence-corrected chi connectivity index (χ1v) is 4.82. The second kappa shape index (κ2) is 2.07. The molecule has 0 unspecified atom stereocenters. The highest BCUT2D eigenvalue weighted by atomic mass is 16.6. The van der Waals surface area contributed by atoms with Crippen molar-refractivity contribution in [2.75, 3.05) is 32.8 Å². The van der Waals surface area contributed by atoms with Crippen LogP contribution in [0.5, 0.6) is 0 Å². The van der Waals surface area contributed by atoms with Gasteiger partial charge in [-0.3, -0.25) is 0 Å². The van der Waals surface area contributed by atoms with Crippen molar-refractivity contribution in [3.63, 3.8) is 0 Å². The van der Waals surface area contributed by atoms with Crippen LogP contribution in [-0.2, 0) is 0 Å². The van der Waals surface area contributed by atoms with E-state index < -0.39 is 0 Å². The van der Waals surface area contributed by atoms with Gasteiger partial charge in [-0.1, -0.05) is 0 Å². The molecule has 0 spiro atoms. The van der Waals surface area contributed by atoms with E-state index in [2.05, 4.69) is 0 Å². The lowest BCUT2D eigenvalue weighted by atomic mass is 9.79. The molecule has 1 N–H and O–H groups in total. The third-order valence-electron chi connectivity index (χ3n) is 3.75. The quantitative estimate of drug-likeness (QED) is 0.398. The van der Waals surface area contributed by atoms with Crippen molar-refractivity contribution < 1.29 is 14.4 Å². The first kappa shape index (κ1) is 8.14. The van der Waals surface area contributed by atoms with Gasteiger partial charge in [-0.25, -0.2) is 0 Å². The molecular weight excluding hydrogens is 172 g/mol. The fourth-order valence-electron chi connectivity index (χ4n) is 3.49. The zero-order valence-electron chi connectivity index (χ0n) is 7.43. The summed E-state index contributed by atoms with van der Waals surface area (Å²) < 4.78 is -0.703. The zero-order valence-corrected chi connectivity index (χ0v) is 7.43. The van der Waals surface area contributed by atoms with Crippen molar-refractivity contribution >= 4 is 0 Å². The van der Waals surface area contributed by atoms with E-state index in [1.54, 1.807) is 0 Å². The Morgan fingerprint density at radius 3 is 1.69 bits per heavy atom. The average molecular weight is 186 g/mol. The van der Waals surface area contributed by atoms with E-state index in [0.717, 1.165) is 0 Å². The molecule has 4 aliphatic rings. The van der Waals surface area contributed by atoms with E-state index in [1.165, 1.54) is 0 Å². The maximum Gasteiger partial charge on any atom is 0.207 e. The van der Waals surface area contributed by atoms with Crippen molar-refractivity contribution in [1.82, 2.24) is 0 Å². The Kier molecular flexibility index (Phi) is 1.29. The molecule has 4 heterocycles. The van der Waals surface area contributed by atoms with Gasteiger partial charge in [0, 0.05) is 0 Å². The first-order valence-electron chi connectivity index (χ1n) is 4.82. The van der Waals surface area contributed by atoms with Gasteiger partial charge in [-0.2, -0.15) is 0 Å². The minimum Gasteiger partial charge on any atom is -0.629 e. The van der Waals surface area contributed by atoms with E-state index in [9.17, 15) is 15.5 Å². The van der Waals surface area contributed by atoms with Crippen LogP contribution < -0.4 is 0 Å². The number of hydroxylamine groups is 6. The molecule has 4 fully saturated rings. The van der Waals surface area contributed by atoms with E-state index in [1.807, 2.05) is 0 Å². The number of aliphatic hydroxyl groups is 1. The van der Waals surface area contributed by atoms with Crippen molar-refractivity contribution in [3.8, 4) is 0 Å². The molecule has 13 heavy (non-hydrogen) atoms. The van der Waals surface area contributed by atoms with Crippen LogP contribution >= 0.6 is 0 Å². The van der Waals surface area contributed by atoms with Crippen LogP contribution in [0.15, 0.2) is 0 Å². The molecule has 0 aromatic carbocycles. The van der Waals surface area contributed by atoms with Crippen molar-refractivity contribution in [1.29, 1.82) is 0 Å². The Labute approximate surface area is 76.5 Å². The number of quaternary nitrogens is 2. The summed E-state index contributed by atoms with van der Waals surface area (Å²) in [5.74, 6) is -0.0903. The Morgan fingerprint density at radius 1 is 0.923 bits per heavy atom. The van der Waals surface area contributed by atoms with E-state index >= 15 is 0 Å². The molecule has 0 aromatic rings. The maximum absolute atomic E-state index is 12.0. The van der Waals surface area contributed by atoms with E-state index in [-0.39, 0.29) is 33.9 Å². The summed E-state index contributed by atoms with van der Waals surface area (Å²) in [5, 5.41) is 33.7. The summed E-state index contributed by atoms with van der Waals surface area (Å²) in [7, 11) is 0. The maximum atomic E-state index is 12.0. The van der Waals surface area contributed by atoms with Crippen LogP contribution in [-0.4, -0.2) is 53.4 Å². The van der Waals surface area contributed by atoms with Gasteiger partial charge in [0.25, 0.3) is 0 Å². The molecule has 0 aromatic heterocycles. The molecule has 0 aliphatic carbocycles. The Morgan fingerprint density at radius 2 is 1.31 bits per heavy atom. The standard InChI is InChI=1S/C8H14N2O3/c11-8-6-1-9(12)3-7(8)4-10(13,2-6)5-9/h6-8,11H,1-5H2. The Bertz CT molecular complexity index is 222. The second-order valence-electron chi connectivity index (χ2n) is 5.00. The summed E-state index contributed by atoms with van der Waals surface area (Å²) in [5.41, 5.74) is 0. The van der Waals surface area contributed by atoms with E-state index in [4.69, 9.17) is 0 Å². The zero-order chi connectivity index (χ0) is 9.27. The highest BCUT2D eigenvalue weighted by Crippen LogP contribution is 2.41. The summed E-state index contributed by atoms with van der Waals surface area (Å²) >= 11 is 0. The van der Waals surface area contributed by atoms with Gasteiger partial charge < -0.3 is 24.8 Å². The molecule has 4 bridgehead atoms. The normalized spacial score (nSPS) is 64.4. The number of aliphatic hydroxyl groups excluding tert-OH is 1. The largest absolute Gasteiger partial charge is 0.629 e. The minimum absolute atomic E-state index is 0.0451. The van der Waals surface area contributed by atoms with E-state index in [0.29, 0.717) is 26.2 Å². The molecule has 74 valence electrons. The third-order valence-corrected chi connectivity index (χ3v) is 3.75. The fourth-order valence-corrected chi connectivity index (χ4v) is 3.49. The molecule has 4 saturated heterocycles. The lowest BCUT2D eigenvalue weighted by Crippen LogP contribution is -2.79. The number of nitrogens with zero attached hydrogens (tertiary/aromatic N) is 2. The molecule has 4 rings (SSSR count). The SMILES string of the molecule is [O-][N+]12CC3C[N+]([O-])(CC(C1)C3O)C2. The number of hydrogen-bond acceptors (Lipinski definition) is 3. The van der Waals surface area contributed by atoms with Gasteiger partial charge in [0.1, 0.15) is 0 Å². The summed E-state index contributed by atoms with van der Waals surface area (Å²) in [6.07, 6.45) is -0.388. The molecule has 0 saturated carbocycles. The minimum atomic E-state index is -0.388. The lowest BCUT2D eigenvalue weighted by molar-refractivity contribution is -1.11. The predicted octanol–water partition coefficient (Wildman–Crippen LogP) is -0.793. The van der Waals surface area contributed by atoms with Crippen LogP contribution in [0.2, 0.25) is 0 Å². The summed E-state index contributed by atoms with van der Waals surface area (Å²) in [6.45, 7) is 2.01. The van der Waals surface area contributed by atoms with Crippen molar-refractivity contribution in [3.05, 3.63) is 10.4 Å². The molecular formula is C8H14N2O3. The molecule has 5 heteroatoms. The Hall–Kier alpha value is -0.200. The van der Waals surface area contributed by atoms with Gasteiger partial charge in [-0.05, 0) is 0 Å². The van der Waals surface area contributed by atoms with Crippen LogP contribution in [0.3, 0.4) is 0 Å². The smallest absolute Gasteiger partial charge is 0.207 e. The summed E-state index contributed by atoms with van der Waals surface area (Å²) in [4.78, 5) is 0. The summed E-state index contributed by atoms with van der Waals surface area (Å²) in [6, 6.07) is 0. The van der Waals surface area contributed by atoms with Gasteiger partial charge in [0.15, 0.2) is 0 Å². The van der Waals surface area contributed by atoms with Crippen molar-refractivity contribution in [2.24, 2.45) is 11.8 Å². The van der Waals surface area contributed by atoms with Gasteiger partial charge in [0.05, 0.1) is 44.1 Å². The monoisotopic (exact) mass is 186 g/mol. The molecule has 0 atom stereocenters. The number of rotatable bonds is 0. The number of piperidine rings is 2. The van der Waals surface area contributed by atoms with Gasteiger partial charge >= 0.3 is 0 Å². The fraction of sp³-hybridized carbons (Fsp3) is 1.00. The van der Waals surface area contributed by atoms with Crippen LogP contribution in [0, 0.1) is 22.3 Å². The van der Waals surface area contributed by atoms with Gasteiger partial charge in [0.2, 0.25) is 6.67 Å². The molecule has 0 radical (unpaired) electrons. The second-order valence-corrected chi connectivity index (χ2v) is 5.00. The third kappa shape index (κ3) is 0.992. The first-order chi connectivity index (χ1) is 6.00. The predicted molar refractivity (Wildman–Crippen MR) is 44.6 cm³/mol. The van der Waals surface area contributed by atoms with Gasteiger partial charge in [-0.15, -0.1) is 0 Å². The molecule has 4 aliphatic heterocycles. The van der Waals surface area contributed by atoms with Crippen molar-refractivity contribution in [2.45, 2.75) is 6.10 Å². The van der Waals surface area contributed by atoms with Crippen LogP contribution in [0.25, 0.3) is 0 Å². The molecule has 5 nitrogen and oxygen atoms in total. The average Bonchev–Trinajstić information content (AvgIpc) is 1.94. The molecule has 0 amide bonds. The number of hydrogen-bond donors (Lipinski definition) is 1. The van der Waals surface area contributed by atoms with Crippen LogP contribution in [0.1, 0.15) is 0 Å². The topological polar surface area (TPSA) is 66.3 Å². The Balaban J connectivity index is 1.99. The van der Waals surface area contributed by atoms with Crippen LogP contribution in [0.4, 0.5) is 0 Å². The highest BCUT2D eigenvalue weighted by Gasteiger charge is 2.57. The highest BCUT2D eigenvalue weighted by molar-refractivity contribution is 4.88. The lowest BCUT2D eigenvalue weighted by Gasteiger charge is -2.67.